The molecular formula is C30H39N. The molecule has 2 aliphatic rings. The van der Waals surface area contributed by atoms with Crippen LogP contribution in [-0.4, -0.2) is 24.0 Å². The first-order valence-corrected chi connectivity index (χ1v) is 11.6. The van der Waals surface area contributed by atoms with Crippen molar-refractivity contribution in [2.75, 3.05) is 13.1 Å². The second kappa shape index (κ2) is 13.7. The molecule has 1 aliphatic carbocycles. The van der Waals surface area contributed by atoms with Gasteiger partial charge in [-0.3, -0.25) is 4.90 Å². The predicted molar refractivity (Wildman–Crippen MR) is 138 cm³/mol. The molecule has 0 bridgehead atoms. The number of hydrogen-bond donors (Lipinski definition) is 0. The Morgan fingerprint density at radius 1 is 1.19 bits per heavy atom. The zero-order valence-electron chi connectivity index (χ0n) is 19.6. The van der Waals surface area contributed by atoms with Gasteiger partial charge in [-0.2, -0.15) is 0 Å². The maximum atomic E-state index is 5.36. The molecule has 1 heterocycles. The first kappa shape index (κ1) is 24.7. The van der Waals surface area contributed by atoms with Crippen molar-refractivity contribution in [2.45, 2.75) is 64.8 Å². The van der Waals surface area contributed by atoms with E-state index >= 15 is 0 Å². The van der Waals surface area contributed by atoms with E-state index in [1.54, 1.807) is 12.2 Å². The smallest absolute Gasteiger partial charge is 0.0236 e. The van der Waals surface area contributed by atoms with Crippen LogP contribution < -0.4 is 0 Å². The molecule has 1 aliphatic heterocycles. The van der Waals surface area contributed by atoms with E-state index in [0.717, 1.165) is 30.2 Å². The number of allylic oxidation sites excluding steroid dienone is 11. The summed E-state index contributed by atoms with van der Waals surface area (Å²) in [5, 5.41) is 0. The fourth-order valence-corrected chi connectivity index (χ4v) is 4.33. The van der Waals surface area contributed by atoms with Crippen molar-refractivity contribution in [1.82, 2.24) is 4.90 Å². The molecule has 2 rings (SSSR count). The van der Waals surface area contributed by atoms with Crippen molar-refractivity contribution >= 4 is 0 Å². The van der Waals surface area contributed by atoms with Crippen LogP contribution in [0.15, 0.2) is 95.7 Å². The Morgan fingerprint density at radius 2 is 1.97 bits per heavy atom. The minimum Gasteiger partial charge on any atom is -0.296 e. The van der Waals surface area contributed by atoms with E-state index in [4.69, 9.17) is 6.42 Å². The van der Waals surface area contributed by atoms with Crippen LogP contribution in [0.1, 0.15) is 58.8 Å². The Bertz CT molecular complexity index is 841. The highest BCUT2D eigenvalue weighted by molar-refractivity contribution is 5.45. The lowest BCUT2D eigenvalue weighted by Gasteiger charge is -2.37. The molecule has 0 atom stereocenters. The van der Waals surface area contributed by atoms with E-state index in [1.807, 2.05) is 18.2 Å². The van der Waals surface area contributed by atoms with Crippen LogP contribution >= 0.6 is 0 Å². The molecule has 0 radical (unpaired) electrons. The Balaban J connectivity index is 2.11. The van der Waals surface area contributed by atoms with Crippen LogP contribution in [0.5, 0.6) is 0 Å². The summed E-state index contributed by atoms with van der Waals surface area (Å²) >= 11 is 0. The average molecular weight is 414 g/mol. The molecule has 0 aromatic carbocycles. The van der Waals surface area contributed by atoms with Gasteiger partial charge in [0, 0.05) is 19.1 Å². The Labute approximate surface area is 191 Å². The lowest BCUT2D eigenvalue weighted by Crippen LogP contribution is -2.40. The summed E-state index contributed by atoms with van der Waals surface area (Å²) in [5.41, 5.74) is 6.43. The summed E-state index contributed by atoms with van der Waals surface area (Å²) in [6.45, 7) is 14.7. The first-order chi connectivity index (χ1) is 15.1. The molecule has 1 fully saturated rings. The number of nitrogens with zero attached hydrogens (tertiary/aromatic N) is 1. The quantitative estimate of drug-likeness (QED) is 0.277. The van der Waals surface area contributed by atoms with Gasteiger partial charge in [-0.25, -0.2) is 0 Å². The van der Waals surface area contributed by atoms with Crippen molar-refractivity contribution in [2.24, 2.45) is 0 Å². The van der Waals surface area contributed by atoms with Gasteiger partial charge in [0.1, 0.15) is 0 Å². The lowest BCUT2D eigenvalue weighted by molar-refractivity contribution is 0.164. The largest absolute Gasteiger partial charge is 0.296 e. The van der Waals surface area contributed by atoms with Crippen LogP contribution in [0.25, 0.3) is 0 Å². The Kier molecular flexibility index (Phi) is 10.9. The molecule has 31 heavy (non-hydrogen) atoms. The van der Waals surface area contributed by atoms with Crippen LogP contribution in [0.4, 0.5) is 0 Å². The third kappa shape index (κ3) is 8.23. The summed E-state index contributed by atoms with van der Waals surface area (Å²) < 4.78 is 0. The molecule has 0 spiro atoms. The van der Waals surface area contributed by atoms with Gasteiger partial charge in [-0.1, -0.05) is 92.5 Å². The second-order valence-corrected chi connectivity index (χ2v) is 8.53. The topological polar surface area (TPSA) is 3.24 Å². The minimum absolute atomic E-state index is 0.781. The van der Waals surface area contributed by atoms with Crippen LogP contribution in [0, 0.1) is 12.3 Å². The summed E-state index contributed by atoms with van der Waals surface area (Å²) in [7, 11) is 0. The molecule has 0 aromatic heterocycles. The molecule has 0 N–H and O–H groups in total. The van der Waals surface area contributed by atoms with E-state index in [2.05, 4.69) is 62.1 Å². The molecule has 0 saturated heterocycles. The zero-order valence-corrected chi connectivity index (χ0v) is 19.6. The van der Waals surface area contributed by atoms with Gasteiger partial charge >= 0.3 is 0 Å². The maximum Gasteiger partial charge on any atom is 0.0236 e. The van der Waals surface area contributed by atoms with E-state index in [9.17, 15) is 0 Å². The molecular weight excluding hydrogens is 374 g/mol. The molecule has 0 amide bonds. The van der Waals surface area contributed by atoms with Crippen molar-refractivity contribution in [3.05, 3.63) is 95.7 Å². The van der Waals surface area contributed by atoms with E-state index in [-0.39, 0.29) is 0 Å². The molecule has 1 saturated carbocycles. The normalized spacial score (nSPS) is 20.2. The van der Waals surface area contributed by atoms with Gasteiger partial charge in [0.15, 0.2) is 0 Å². The van der Waals surface area contributed by atoms with E-state index < -0.39 is 0 Å². The number of terminal acetylenes is 1. The summed E-state index contributed by atoms with van der Waals surface area (Å²) in [6.07, 6.45) is 32.5. The monoisotopic (exact) mass is 413 g/mol. The fraction of sp³-hybridized carbons (Fsp3) is 0.400. The maximum absolute atomic E-state index is 5.36. The van der Waals surface area contributed by atoms with Gasteiger partial charge in [0.25, 0.3) is 0 Å². The Hall–Kier alpha value is -2.56. The highest BCUT2D eigenvalue weighted by Crippen LogP contribution is 2.28. The van der Waals surface area contributed by atoms with E-state index in [0.29, 0.717) is 0 Å². The third-order valence-corrected chi connectivity index (χ3v) is 6.39. The molecule has 1 nitrogen and oxygen atoms in total. The van der Waals surface area contributed by atoms with Crippen molar-refractivity contribution in [3.63, 3.8) is 0 Å². The van der Waals surface area contributed by atoms with E-state index in [1.165, 1.54) is 61.8 Å². The van der Waals surface area contributed by atoms with Crippen molar-refractivity contribution in [3.8, 4) is 12.3 Å². The lowest BCUT2D eigenvalue weighted by atomic mass is 9.91. The van der Waals surface area contributed by atoms with Crippen LogP contribution in [-0.2, 0) is 0 Å². The standard InChI is InChI=1S/C30H39N/c1-6-9-12-16-28(25(4)15-10-7-2)23-27(8-3)19-20-29-24-31(22-21-26(29)5)30-17-13-11-14-18-30/h1,7-10,12,15-16,19-20,30H,2,4,11,13-14,17-18,21-24H2,3,5H3/b12-9-,15-10-,20-19-,27-8+,28-16+. The predicted octanol–water partition coefficient (Wildman–Crippen LogP) is 7.65. The van der Waals surface area contributed by atoms with Crippen LogP contribution in [0.2, 0.25) is 0 Å². The van der Waals surface area contributed by atoms with Crippen LogP contribution in [0.3, 0.4) is 0 Å². The first-order valence-electron chi connectivity index (χ1n) is 11.6. The Morgan fingerprint density at radius 3 is 2.65 bits per heavy atom. The highest BCUT2D eigenvalue weighted by atomic mass is 15.2. The van der Waals surface area contributed by atoms with Gasteiger partial charge < -0.3 is 0 Å². The van der Waals surface area contributed by atoms with Gasteiger partial charge in [0.2, 0.25) is 0 Å². The second-order valence-electron chi connectivity index (χ2n) is 8.53. The third-order valence-electron chi connectivity index (χ3n) is 6.39. The van der Waals surface area contributed by atoms with Crippen molar-refractivity contribution < 1.29 is 0 Å². The molecule has 1 heteroatoms. The van der Waals surface area contributed by atoms with Crippen molar-refractivity contribution in [1.29, 1.82) is 0 Å². The highest BCUT2D eigenvalue weighted by Gasteiger charge is 2.24. The molecule has 0 unspecified atom stereocenters. The summed E-state index contributed by atoms with van der Waals surface area (Å²) in [6, 6.07) is 0.781. The minimum atomic E-state index is 0.781. The zero-order chi connectivity index (χ0) is 22.5. The number of rotatable bonds is 9. The fourth-order valence-electron chi connectivity index (χ4n) is 4.33. The summed E-state index contributed by atoms with van der Waals surface area (Å²) in [5.74, 6) is 2.55. The average Bonchev–Trinajstić information content (AvgIpc) is 2.80. The number of hydrogen-bond acceptors (Lipinski definition) is 1. The van der Waals surface area contributed by atoms with Gasteiger partial charge in [0.05, 0.1) is 0 Å². The molecule has 164 valence electrons. The van der Waals surface area contributed by atoms with Gasteiger partial charge in [-0.15, -0.1) is 6.42 Å². The summed E-state index contributed by atoms with van der Waals surface area (Å²) in [4.78, 5) is 2.72. The molecule has 0 aromatic rings. The van der Waals surface area contributed by atoms with Gasteiger partial charge in [-0.05, 0) is 67.9 Å². The SMILES string of the molecule is C#C/C=C\C=C(/CC(/C=C\C1=C(C)CCN(C2CCCCC2)C1)=C/C)C(=C)/C=C\C=C.